The number of carbonyl (C=O) groups is 1. The Labute approximate surface area is 136 Å². The summed E-state index contributed by atoms with van der Waals surface area (Å²) in [5, 5.41) is 0.413. The number of benzene rings is 1. The highest BCUT2D eigenvalue weighted by atomic mass is 79.9. The normalized spacial score (nSPS) is 10.6. The van der Waals surface area contributed by atoms with E-state index in [1.54, 1.807) is 42.5 Å². The predicted molar refractivity (Wildman–Crippen MR) is 84.5 cm³/mol. The predicted octanol–water partition coefficient (Wildman–Crippen LogP) is 3.98. The summed E-state index contributed by atoms with van der Waals surface area (Å²) in [4.78, 5) is 14.3. The summed E-state index contributed by atoms with van der Waals surface area (Å²) in [6.07, 6.45) is 1.58. The van der Waals surface area contributed by atoms with E-state index in [0.29, 0.717) is 36.0 Å². The molecule has 4 nitrogen and oxygen atoms in total. The molecule has 0 bridgehead atoms. The van der Waals surface area contributed by atoms with Crippen molar-refractivity contribution in [3.8, 4) is 0 Å². The molecule has 0 spiro atoms. The van der Waals surface area contributed by atoms with Gasteiger partial charge in [-0.15, -0.1) is 0 Å². The highest BCUT2D eigenvalue weighted by Gasteiger charge is 2.19. The summed E-state index contributed by atoms with van der Waals surface area (Å²) >= 11 is 9.48. The Kier molecular flexibility index (Phi) is 5.85. The summed E-state index contributed by atoms with van der Waals surface area (Å²) in [5.41, 5.74) is 0.461. The fourth-order valence-corrected chi connectivity index (χ4v) is 2.63. The zero-order valence-electron chi connectivity index (χ0n) is 11.5. The van der Waals surface area contributed by atoms with Crippen molar-refractivity contribution in [3.05, 3.63) is 57.4 Å². The molecule has 0 aliphatic rings. The lowest BCUT2D eigenvalue weighted by atomic mass is 10.2. The number of ether oxygens (including phenoxy) is 1. The molecule has 0 saturated carbocycles. The Hall–Kier alpha value is -1.30. The topological polar surface area (TPSA) is 42.7 Å². The van der Waals surface area contributed by atoms with Crippen LogP contribution in [-0.2, 0) is 11.3 Å². The van der Waals surface area contributed by atoms with Gasteiger partial charge in [-0.2, -0.15) is 0 Å². The van der Waals surface area contributed by atoms with Gasteiger partial charge in [0.25, 0.3) is 5.91 Å². The Bertz CT molecular complexity index is 601. The lowest BCUT2D eigenvalue weighted by Crippen LogP contribution is -2.33. The first-order valence-electron chi connectivity index (χ1n) is 6.37. The van der Waals surface area contributed by atoms with Crippen LogP contribution < -0.4 is 0 Å². The van der Waals surface area contributed by atoms with Crippen LogP contribution in [0.15, 0.2) is 45.5 Å². The van der Waals surface area contributed by atoms with E-state index in [1.807, 2.05) is 6.07 Å². The van der Waals surface area contributed by atoms with E-state index in [0.717, 1.165) is 4.47 Å². The van der Waals surface area contributed by atoms with Gasteiger partial charge in [-0.25, -0.2) is 0 Å². The molecule has 21 heavy (non-hydrogen) atoms. The quantitative estimate of drug-likeness (QED) is 0.770. The molecule has 0 aliphatic heterocycles. The van der Waals surface area contributed by atoms with E-state index < -0.39 is 0 Å². The molecule has 0 radical (unpaired) electrons. The molecular weight excluding hydrogens is 358 g/mol. The summed E-state index contributed by atoms with van der Waals surface area (Å²) < 4.78 is 11.2. The number of nitrogens with zero attached hydrogens (tertiary/aromatic N) is 1. The monoisotopic (exact) mass is 371 g/mol. The van der Waals surface area contributed by atoms with Crippen LogP contribution in [0.1, 0.15) is 16.1 Å². The molecule has 6 heteroatoms. The molecule has 112 valence electrons. The van der Waals surface area contributed by atoms with Gasteiger partial charge in [-0.3, -0.25) is 4.79 Å². The smallest absolute Gasteiger partial charge is 0.255 e. The molecule has 0 saturated heterocycles. The van der Waals surface area contributed by atoms with Crippen molar-refractivity contribution in [3.63, 3.8) is 0 Å². The molecule has 0 fully saturated rings. The van der Waals surface area contributed by atoms with Crippen LogP contribution in [0.3, 0.4) is 0 Å². The van der Waals surface area contributed by atoms with E-state index in [-0.39, 0.29) is 5.91 Å². The Morgan fingerprint density at radius 3 is 2.86 bits per heavy atom. The first kappa shape index (κ1) is 16.1. The van der Waals surface area contributed by atoms with Crippen LogP contribution in [-0.4, -0.2) is 31.1 Å². The Morgan fingerprint density at radius 2 is 2.24 bits per heavy atom. The average Bonchev–Trinajstić information content (AvgIpc) is 2.95. The minimum atomic E-state index is -0.152. The van der Waals surface area contributed by atoms with Crippen LogP contribution in [0.5, 0.6) is 0 Å². The van der Waals surface area contributed by atoms with Gasteiger partial charge >= 0.3 is 0 Å². The summed E-state index contributed by atoms with van der Waals surface area (Å²) in [7, 11) is 1.60. The van der Waals surface area contributed by atoms with Crippen molar-refractivity contribution in [1.29, 1.82) is 0 Å². The number of rotatable bonds is 6. The summed E-state index contributed by atoms with van der Waals surface area (Å²) in [6.45, 7) is 1.28. The standard InChI is InChI=1S/C15H15BrClNO3/c1-20-8-6-18(10-12-3-2-7-21-12)15(19)13-5-4-11(16)9-14(13)17/h2-5,7,9H,6,8,10H2,1H3. The van der Waals surface area contributed by atoms with Crippen molar-refractivity contribution < 1.29 is 13.9 Å². The Balaban J connectivity index is 2.20. The van der Waals surface area contributed by atoms with Crippen molar-refractivity contribution in [2.75, 3.05) is 20.3 Å². The number of methoxy groups -OCH3 is 1. The fraction of sp³-hybridized carbons (Fsp3) is 0.267. The highest BCUT2D eigenvalue weighted by Crippen LogP contribution is 2.23. The second-order valence-corrected chi connectivity index (χ2v) is 5.75. The van der Waals surface area contributed by atoms with Crippen molar-refractivity contribution in [2.24, 2.45) is 0 Å². The number of carbonyl (C=O) groups excluding carboxylic acids is 1. The van der Waals surface area contributed by atoms with Crippen LogP contribution >= 0.6 is 27.5 Å². The molecule has 0 unspecified atom stereocenters. The minimum absolute atomic E-state index is 0.152. The van der Waals surface area contributed by atoms with Gasteiger partial charge in [0.1, 0.15) is 5.76 Å². The van der Waals surface area contributed by atoms with Gasteiger partial charge < -0.3 is 14.1 Å². The summed E-state index contributed by atoms with van der Waals surface area (Å²) in [5.74, 6) is 0.564. The van der Waals surface area contributed by atoms with Gasteiger partial charge in [0, 0.05) is 18.1 Å². The molecule has 1 heterocycles. The lowest BCUT2D eigenvalue weighted by Gasteiger charge is -2.22. The molecule has 0 aliphatic carbocycles. The zero-order valence-corrected chi connectivity index (χ0v) is 13.9. The fourth-order valence-electron chi connectivity index (χ4n) is 1.88. The number of hydrogen-bond donors (Lipinski definition) is 0. The average molecular weight is 373 g/mol. The van der Waals surface area contributed by atoms with Crippen LogP contribution in [0.2, 0.25) is 5.02 Å². The lowest BCUT2D eigenvalue weighted by molar-refractivity contribution is 0.0666. The highest BCUT2D eigenvalue weighted by molar-refractivity contribution is 9.10. The van der Waals surface area contributed by atoms with Gasteiger partial charge in [-0.1, -0.05) is 27.5 Å². The van der Waals surface area contributed by atoms with E-state index >= 15 is 0 Å². The molecule has 1 aromatic heterocycles. The van der Waals surface area contributed by atoms with E-state index in [2.05, 4.69) is 15.9 Å². The van der Waals surface area contributed by atoms with Gasteiger partial charge in [0.2, 0.25) is 0 Å². The molecule has 2 aromatic rings. The number of halogens is 2. The summed E-state index contributed by atoms with van der Waals surface area (Å²) in [6, 6.07) is 8.82. The third kappa shape index (κ3) is 4.33. The van der Waals surface area contributed by atoms with Gasteiger partial charge in [-0.05, 0) is 30.3 Å². The molecule has 0 N–H and O–H groups in total. The molecule has 0 atom stereocenters. The molecule has 1 aromatic carbocycles. The molecule has 1 amide bonds. The van der Waals surface area contributed by atoms with Crippen LogP contribution in [0.4, 0.5) is 0 Å². The SMILES string of the molecule is COCCN(Cc1ccco1)C(=O)c1ccc(Br)cc1Cl. The zero-order chi connectivity index (χ0) is 15.2. The maximum atomic E-state index is 12.6. The second-order valence-electron chi connectivity index (χ2n) is 4.42. The van der Waals surface area contributed by atoms with E-state index in [4.69, 9.17) is 20.8 Å². The van der Waals surface area contributed by atoms with Crippen LogP contribution in [0.25, 0.3) is 0 Å². The minimum Gasteiger partial charge on any atom is -0.467 e. The van der Waals surface area contributed by atoms with Crippen molar-refractivity contribution >= 4 is 33.4 Å². The second kappa shape index (κ2) is 7.64. The maximum absolute atomic E-state index is 12.6. The number of amides is 1. The van der Waals surface area contributed by atoms with Crippen molar-refractivity contribution in [2.45, 2.75) is 6.54 Å². The Morgan fingerprint density at radius 1 is 1.43 bits per heavy atom. The third-order valence-corrected chi connectivity index (χ3v) is 3.75. The van der Waals surface area contributed by atoms with E-state index in [1.165, 1.54) is 0 Å². The first-order chi connectivity index (χ1) is 10.1. The number of furan rings is 1. The first-order valence-corrected chi connectivity index (χ1v) is 7.54. The van der Waals surface area contributed by atoms with Crippen LogP contribution in [0, 0.1) is 0 Å². The van der Waals surface area contributed by atoms with E-state index in [9.17, 15) is 4.79 Å². The third-order valence-electron chi connectivity index (χ3n) is 2.94. The maximum Gasteiger partial charge on any atom is 0.255 e. The largest absolute Gasteiger partial charge is 0.467 e. The van der Waals surface area contributed by atoms with Gasteiger partial charge in [0.05, 0.1) is 30.0 Å². The van der Waals surface area contributed by atoms with Crippen molar-refractivity contribution in [1.82, 2.24) is 4.90 Å². The van der Waals surface area contributed by atoms with Gasteiger partial charge in [0.15, 0.2) is 0 Å². The molecule has 2 rings (SSSR count). The molecular formula is C15H15BrClNO3. The number of hydrogen-bond acceptors (Lipinski definition) is 3.